The van der Waals surface area contributed by atoms with Gasteiger partial charge in [0.1, 0.15) is 12.4 Å². The van der Waals surface area contributed by atoms with Crippen LogP contribution < -0.4 is 5.32 Å². The Morgan fingerprint density at radius 1 is 0.818 bits per heavy atom. The smallest absolute Gasteiger partial charge is 0.255 e. The molecule has 1 aliphatic rings. The van der Waals surface area contributed by atoms with Crippen molar-refractivity contribution in [2.45, 2.75) is 6.04 Å². The summed E-state index contributed by atoms with van der Waals surface area (Å²) in [7, 11) is 0. The maximum absolute atomic E-state index is 14.3. The lowest BCUT2D eigenvalue weighted by Crippen LogP contribution is -2.39. The minimum Gasteiger partial charge on any atom is -0.324 e. The molecule has 4 aromatic rings. The van der Waals surface area contributed by atoms with Crippen molar-refractivity contribution in [3.05, 3.63) is 126 Å². The summed E-state index contributed by atoms with van der Waals surface area (Å²) in [4.78, 5) is 27.9. The first-order valence-corrected chi connectivity index (χ1v) is 10.7. The van der Waals surface area contributed by atoms with Crippen LogP contribution in [0.1, 0.15) is 27.5 Å². The second-order valence-electron chi connectivity index (χ2n) is 7.97. The van der Waals surface area contributed by atoms with Crippen molar-refractivity contribution in [2.24, 2.45) is 0 Å². The van der Waals surface area contributed by atoms with Crippen LogP contribution in [0.2, 0.25) is 0 Å². The van der Waals surface area contributed by atoms with Gasteiger partial charge < -0.3 is 10.2 Å². The molecule has 0 saturated carbocycles. The summed E-state index contributed by atoms with van der Waals surface area (Å²) in [6.07, 6.45) is 0. The van der Waals surface area contributed by atoms with Gasteiger partial charge in [-0.2, -0.15) is 0 Å². The number of hydrogen-bond donors (Lipinski definition) is 1. The molecule has 4 nitrogen and oxygen atoms in total. The third-order valence-corrected chi connectivity index (χ3v) is 5.82. The van der Waals surface area contributed by atoms with Crippen LogP contribution in [-0.4, -0.2) is 23.3 Å². The standard InChI is InChI=1S/C28H21FN2O2/c29-23-15-16-25-24(17-23)27(21-9-5-2-6-10-21)31(18-26(32)30-25)28(33)22-13-11-20(12-14-22)19-7-3-1-4-8-19/h1-17,27H,18H2,(H,30,32). The largest absolute Gasteiger partial charge is 0.324 e. The quantitative estimate of drug-likeness (QED) is 0.449. The van der Waals surface area contributed by atoms with Gasteiger partial charge in [-0.3, -0.25) is 9.59 Å². The average molecular weight is 436 g/mol. The molecule has 5 heteroatoms. The van der Waals surface area contributed by atoms with E-state index in [1.54, 1.807) is 18.2 Å². The zero-order valence-electron chi connectivity index (χ0n) is 17.7. The number of benzene rings is 4. The van der Waals surface area contributed by atoms with Gasteiger partial charge in [0, 0.05) is 16.8 Å². The second kappa shape index (κ2) is 8.71. The van der Waals surface area contributed by atoms with Gasteiger partial charge in [-0.1, -0.05) is 72.8 Å². The predicted molar refractivity (Wildman–Crippen MR) is 126 cm³/mol. The monoisotopic (exact) mass is 436 g/mol. The van der Waals surface area contributed by atoms with E-state index in [1.165, 1.54) is 17.0 Å². The molecule has 4 aromatic carbocycles. The molecule has 5 rings (SSSR count). The maximum Gasteiger partial charge on any atom is 0.255 e. The SMILES string of the molecule is O=C1CN(C(=O)c2ccc(-c3ccccc3)cc2)C(c2ccccc2)c2cc(F)ccc2N1. The van der Waals surface area contributed by atoms with Crippen molar-refractivity contribution in [3.8, 4) is 11.1 Å². The number of halogens is 1. The summed E-state index contributed by atoms with van der Waals surface area (Å²) in [5.74, 6) is -1.04. The van der Waals surface area contributed by atoms with Crippen LogP contribution in [0.3, 0.4) is 0 Å². The zero-order chi connectivity index (χ0) is 22.8. The number of rotatable bonds is 3. The van der Waals surface area contributed by atoms with Gasteiger partial charge in [0.25, 0.3) is 5.91 Å². The van der Waals surface area contributed by atoms with E-state index in [2.05, 4.69) is 5.32 Å². The first-order chi connectivity index (χ1) is 16.1. The number of carbonyl (C=O) groups excluding carboxylic acids is 2. The molecule has 1 atom stereocenters. The van der Waals surface area contributed by atoms with Crippen LogP contribution in [0.25, 0.3) is 11.1 Å². The van der Waals surface area contributed by atoms with E-state index in [1.807, 2.05) is 72.8 Å². The molecular formula is C28H21FN2O2. The Kier molecular flexibility index (Phi) is 5.45. The van der Waals surface area contributed by atoms with Gasteiger partial charge >= 0.3 is 0 Å². The van der Waals surface area contributed by atoms with Gasteiger partial charge in [0.2, 0.25) is 5.91 Å². The highest BCUT2D eigenvalue weighted by Crippen LogP contribution is 2.37. The molecule has 1 heterocycles. The normalized spacial score (nSPS) is 15.4. The number of nitrogens with one attached hydrogen (secondary N) is 1. The number of fused-ring (bicyclic) bond motifs is 1. The van der Waals surface area contributed by atoms with Gasteiger partial charge in [-0.25, -0.2) is 4.39 Å². The summed E-state index contributed by atoms with van der Waals surface area (Å²) in [5, 5.41) is 2.82. The second-order valence-corrected chi connectivity index (χ2v) is 7.97. The molecule has 33 heavy (non-hydrogen) atoms. The molecule has 0 fully saturated rings. The minimum atomic E-state index is -0.614. The van der Waals surface area contributed by atoms with E-state index in [4.69, 9.17) is 0 Å². The number of nitrogens with zero attached hydrogens (tertiary/aromatic N) is 1. The Labute approximate surface area is 191 Å². The van der Waals surface area contributed by atoms with Crippen molar-refractivity contribution in [3.63, 3.8) is 0 Å². The molecule has 2 amide bonds. The van der Waals surface area contributed by atoms with Gasteiger partial charge in [0.15, 0.2) is 0 Å². The minimum absolute atomic E-state index is 0.144. The van der Waals surface area contributed by atoms with E-state index in [0.29, 0.717) is 16.8 Å². The molecule has 162 valence electrons. The highest BCUT2D eigenvalue weighted by atomic mass is 19.1. The van der Waals surface area contributed by atoms with E-state index < -0.39 is 11.9 Å². The topological polar surface area (TPSA) is 49.4 Å². The highest BCUT2D eigenvalue weighted by molar-refractivity contribution is 6.01. The fourth-order valence-electron chi connectivity index (χ4n) is 4.26. The summed E-state index contributed by atoms with van der Waals surface area (Å²) >= 11 is 0. The van der Waals surface area contributed by atoms with Crippen LogP contribution in [-0.2, 0) is 4.79 Å². The van der Waals surface area contributed by atoms with Crippen molar-refractivity contribution >= 4 is 17.5 Å². The lowest BCUT2D eigenvalue weighted by molar-refractivity contribution is -0.117. The molecule has 0 bridgehead atoms. The Balaban J connectivity index is 1.57. The molecular weight excluding hydrogens is 415 g/mol. The third kappa shape index (κ3) is 4.13. The molecule has 0 spiro atoms. The van der Waals surface area contributed by atoms with Crippen molar-refractivity contribution < 1.29 is 14.0 Å². The Morgan fingerprint density at radius 2 is 1.45 bits per heavy atom. The van der Waals surface area contributed by atoms with E-state index in [-0.39, 0.29) is 18.4 Å². The zero-order valence-corrected chi connectivity index (χ0v) is 17.7. The van der Waals surface area contributed by atoms with Crippen LogP contribution in [0.15, 0.2) is 103 Å². The van der Waals surface area contributed by atoms with Crippen LogP contribution in [0.5, 0.6) is 0 Å². The molecule has 0 aliphatic carbocycles. The number of amides is 2. The van der Waals surface area contributed by atoms with E-state index in [0.717, 1.165) is 16.7 Å². The first-order valence-electron chi connectivity index (χ1n) is 10.7. The summed E-state index contributed by atoms with van der Waals surface area (Å²) < 4.78 is 14.3. The number of carbonyl (C=O) groups is 2. The molecule has 1 aliphatic heterocycles. The molecule has 0 saturated heterocycles. The van der Waals surface area contributed by atoms with Crippen LogP contribution >= 0.6 is 0 Å². The highest BCUT2D eigenvalue weighted by Gasteiger charge is 2.34. The Hall–Kier alpha value is -4.25. The third-order valence-electron chi connectivity index (χ3n) is 5.82. The van der Waals surface area contributed by atoms with Crippen LogP contribution in [0, 0.1) is 5.82 Å². The van der Waals surface area contributed by atoms with Crippen molar-refractivity contribution in [1.82, 2.24) is 4.90 Å². The molecule has 1 N–H and O–H groups in total. The summed E-state index contributed by atoms with van der Waals surface area (Å²) in [6.45, 7) is -0.144. The maximum atomic E-state index is 14.3. The fraction of sp³-hybridized carbons (Fsp3) is 0.0714. The lowest BCUT2D eigenvalue weighted by atomic mass is 9.95. The van der Waals surface area contributed by atoms with Gasteiger partial charge in [-0.05, 0) is 47.0 Å². The summed E-state index contributed by atoms with van der Waals surface area (Å²) in [6, 6.07) is 30.2. The Bertz CT molecular complexity index is 1310. The average Bonchev–Trinajstić information content (AvgIpc) is 3.00. The van der Waals surface area contributed by atoms with Crippen molar-refractivity contribution in [1.29, 1.82) is 0 Å². The van der Waals surface area contributed by atoms with E-state index in [9.17, 15) is 14.0 Å². The van der Waals surface area contributed by atoms with Gasteiger partial charge in [0.05, 0.1) is 6.04 Å². The fourth-order valence-corrected chi connectivity index (χ4v) is 4.26. The van der Waals surface area contributed by atoms with Crippen LogP contribution in [0.4, 0.5) is 10.1 Å². The van der Waals surface area contributed by atoms with Crippen molar-refractivity contribution in [2.75, 3.05) is 11.9 Å². The molecule has 0 aromatic heterocycles. The number of anilines is 1. The lowest BCUT2D eigenvalue weighted by Gasteiger charge is -2.30. The number of hydrogen-bond acceptors (Lipinski definition) is 2. The summed E-state index contributed by atoms with van der Waals surface area (Å²) in [5.41, 5.74) is 4.36. The van der Waals surface area contributed by atoms with Gasteiger partial charge in [-0.15, -0.1) is 0 Å². The molecule has 0 radical (unpaired) electrons. The van der Waals surface area contributed by atoms with E-state index >= 15 is 0 Å². The first kappa shape index (κ1) is 20.6. The Morgan fingerprint density at radius 3 is 2.15 bits per heavy atom. The predicted octanol–water partition coefficient (Wildman–Crippen LogP) is 5.68. The molecule has 1 unspecified atom stereocenters.